The molecule has 0 radical (unpaired) electrons. The average Bonchev–Trinajstić information content (AvgIpc) is 2.82. The van der Waals surface area contributed by atoms with E-state index in [2.05, 4.69) is 10.2 Å². The van der Waals surface area contributed by atoms with Crippen molar-refractivity contribution in [1.82, 2.24) is 14.8 Å². The second-order valence-electron chi connectivity index (χ2n) is 3.72. The van der Waals surface area contributed by atoms with E-state index < -0.39 is 0 Å². The van der Waals surface area contributed by atoms with Crippen LogP contribution >= 0.6 is 0 Å². The SMILES string of the molecule is OC1CCn2c(nnc2-c2ccco2)C1. The molecule has 0 saturated heterocycles. The third-order valence-corrected chi connectivity index (χ3v) is 2.67. The summed E-state index contributed by atoms with van der Waals surface area (Å²) in [5.74, 6) is 2.31. The van der Waals surface area contributed by atoms with Gasteiger partial charge in [0, 0.05) is 13.0 Å². The first-order valence-electron chi connectivity index (χ1n) is 4.98. The molecule has 2 aromatic heterocycles. The molecule has 0 spiro atoms. The van der Waals surface area contributed by atoms with Gasteiger partial charge in [-0.25, -0.2) is 0 Å². The molecule has 1 atom stereocenters. The van der Waals surface area contributed by atoms with Crippen molar-refractivity contribution >= 4 is 0 Å². The lowest BCUT2D eigenvalue weighted by Gasteiger charge is -2.18. The molecule has 1 N–H and O–H groups in total. The minimum absolute atomic E-state index is 0.286. The van der Waals surface area contributed by atoms with Gasteiger partial charge in [0.2, 0.25) is 0 Å². The molecule has 1 unspecified atom stereocenters. The Morgan fingerprint density at radius 1 is 1.47 bits per heavy atom. The zero-order valence-corrected chi connectivity index (χ0v) is 8.13. The molecular formula is C10H11N3O2. The molecule has 15 heavy (non-hydrogen) atoms. The standard InChI is InChI=1S/C10H11N3O2/c14-7-3-4-13-9(6-7)11-12-10(13)8-2-1-5-15-8/h1-2,5,7,14H,3-4,6H2. The molecule has 5 heteroatoms. The first-order valence-corrected chi connectivity index (χ1v) is 4.98. The maximum atomic E-state index is 9.49. The van der Waals surface area contributed by atoms with Crippen LogP contribution in [0.4, 0.5) is 0 Å². The second-order valence-corrected chi connectivity index (χ2v) is 3.72. The zero-order valence-electron chi connectivity index (χ0n) is 8.13. The molecule has 0 bridgehead atoms. The van der Waals surface area contributed by atoms with Gasteiger partial charge in [-0.15, -0.1) is 10.2 Å². The molecule has 1 aliphatic rings. The third-order valence-electron chi connectivity index (χ3n) is 2.67. The quantitative estimate of drug-likeness (QED) is 0.749. The zero-order chi connectivity index (χ0) is 10.3. The lowest BCUT2D eigenvalue weighted by atomic mass is 10.1. The van der Waals surface area contributed by atoms with Gasteiger partial charge >= 0.3 is 0 Å². The van der Waals surface area contributed by atoms with Crippen LogP contribution in [0.15, 0.2) is 22.8 Å². The van der Waals surface area contributed by atoms with Gasteiger partial charge in [0.1, 0.15) is 5.82 Å². The maximum absolute atomic E-state index is 9.49. The number of rotatable bonds is 1. The molecule has 2 aromatic rings. The average molecular weight is 205 g/mol. The summed E-state index contributed by atoms with van der Waals surface area (Å²) in [6.45, 7) is 0.750. The minimum Gasteiger partial charge on any atom is -0.461 e. The van der Waals surface area contributed by atoms with E-state index in [0.717, 1.165) is 30.4 Å². The Kier molecular flexibility index (Phi) is 1.85. The number of fused-ring (bicyclic) bond motifs is 1. The van der Waals surface area contributed by atoms with E-state index in [1.165, 1.54) is 0 Å². The van der Waals surface area contributed by atoms with E-state index in [0.29, 0.717) is 6.42 Å². The monoisotopic (exact) mass is 205 g/mol. The number of aromatic nitrogens is 3. The number of hydrogen-bond donors (Lipinski definition) is 1. The molecule has 5 nitrogen and oxygen atoms in total. The highest BCUT2D eigenvalue weighted by Gasteiger charge is 2.22. The molecule has 78 valence electrons. The summed E-state index contributed by atoms with van der Waals surface area (Å²) < 4.78 is 7.29. The summed E-state index contributed by atoms with van der Waals surface area (Å²) in [6.07, 6.45) is 2.66. The number of hydrogen-bond acceptors (Lipinski definition) is 4. The van der Waals surface area contributed by atoms with Crippen LogP contribution in [0.5, 0.6) is 0 Å². The molecule has 3 heterocycles. The summed E-state index contributed by atoms with van der Waals surface area (Å²) in [5.41, 5.74) is 0. The summed E-state index contributed by atoms with van der Waals surface area (Å²) in [7, 11) is 0. The van der Waals surface area contributed by atoms with Crippen molar-refractivity contribution < 1.29 is 9.52 Å². The molecule has 3 rings (SSSR count). The second kappa shape index (κ2) is 3.20. The van der Waals surface area contributed by atoms with Gasteiger partial charge in [0.25, 0.3) is 0 Å². The summed E-state index contributed by atoms with van der Waals surface area (Å²) in [4.78, 5) is 0. The van der Waals surface area contributed by atoms with Crippen LogP contribution in [-0.4, -0.2) is 26.0 Å². The number of aliphatic hydroxyl groups is 1. The minimum atomic E-state index is -0.286. The molecule has 0 aliphatic carbocycles. The van der Waals surface area contributed by atoms with Crippen LogP contribution in [0.2, 0.25) is 0 Å². The highest BCUT2D eigenvalue weighted by molar-refractivity contribution is 5.46. The molecule has 0 saturated carbocycles. The van der Waals surface area contributed by atoms with Gasteiger partial charge in [-0.2, -0.15) is 0 Å². The van der Waals surface area contributed by atoms with Gasteiger partial charge in [-0.3, -0.25) is 0 Å². The number of furan rings is 1. The van der Waals surface area contributed by atoms with Gasteiger partial charge in [-0.05, 0) is 18.6 Å². The Bertz CT molecular complexity index is 461. The molecular weight excluding hydrogens is 194 g/mol. The van der Waals surface area contributed by atoms with Crippen LogP contribution in [0.3, 0.4) is 0 Å². The fourth-order valence-corrected chi connectivity index (χ4v) is 1.90. The van der Waals surface area contributed by atoms with E-state index in [4.69, 9.17) is 4.42 Å². The van der Waals surface area contributed by atoms with E-state index >= 15 is 0 Å². The van der Waals surface area contributed by atoms with Crippen molar-refractivity contribution in [2.45, 2.75) is 25.5 Å². The van der Waals surface area contributed by atoms with Gasteiger partial charge in [0.15, 0.2) is 11.6 Å². The van der Waals surface area contributed by atoms with E-state index in [1.54, 1.807) is 6.26 Å². The van der Waals surface area contributed by atoms with Crippen molar-refractivity contribution in [1.29, 1.82) is 0 Å². The first kappa shape index (κ1) is 8.67. The maximum Gasteiger partial charge on any atom is 0.199 e. The molecule has 0 aromatic carbocycles. The Morgan fingerprint density at radius 3 is 3.20 bits per heavy atom. The summed E-state index contributed by atoms with van der Waals surface area (Å²) in [5, 5.41) is 17.6. The fourth-order valence-electron chi connectivity index (χ4n) is 1.90. The topological polar surface area (TPSA) is 64.1 Å². The van der Waals surface area contributed by atoms with E-state index in [1.807, 2.05) is 16.7 Å². The molecule has 1 aliphatic heterocycles. The summed E-state index contributed by atoms with van der Waals surface area (Å²) in [6, 6.07) is 3.69. The van der Waals surface area contributed by atoms with Gasteiger partial charge in [-0.1, -0.05) is 0 Å². The van der Waals surface area contributed by atoms with Gasteiger partial charge in [0.05, 0.1) is 12.4 Å². The van der Waals surface area contributed by atoms with Crippen molar-refractivity contribution in [2.24, 2.45) is 0 Å². The smallest absolute Gasteiger partial charge is 0.199 e. The predicted molar refractivity (Wildman–Crippen MR) is 52.1 cm³/mol. The Morgan fingerprint density at radius 2 is 2.40 bits per heavy atom. The van der Waals surface area contributed by atoms with Gasteiger partial charge < -0.3 is 14.1 Å². The van der Waals surface area contributed by atoms with Crippen molar-refractivity contribution in [3.8, 4) is 11.6 Å². The highest BCUT2D eigenvalue weighted by atomic mass is 16.3. The van der Waals surface area contributed by atoms with Crippen molar-refractivity contribution in [2.75, 3.05) is 0 Å². The summed E-state index contributed by atoms with van der Waals surface area (Å²) >= 11 is 0. The highest BCUT2D eigenvalue weighted by Crippen LogP contribution is 2.23. The largest absolute Gasteiger partial charge is 0.461 e. The Balaban J connectivity index is 2.05. The van der Waals surface area contributed by atoms with E-state index in [9.17, 15) is 5.11 Å². The first-order chi connectivity index (χ1) is 7.34. The van der Waals surface area contributed by atoms with Crippen LogP contribution < -0.4 is 0 Å². The Labute approximate surface area is 86.4 Å². The fraction of sp³-hybridized carbons (Fsp3) is 0.400. The van der Waals surface area contributed by atoms with Crippen LogP contribution in [-0.2, 0) is 13.0 Å². The van der Waals surface area contributed by atoms with Crippen molar-refractivity contribution in [3.05, 3.63) is 24.2 Å². The number of nitrogens with zero attached hydrogens (tertiary/aromatic N) is 3. The van der Waals surface area contributed by atoms with E-state index in [-0.39, 0.29) is 6.10 Å². The van der Waals surface area contributed by atoms with Crippen molar-refractivity contribution in [3.63, 3.8) is 0 Å². The molecule has 0 amide bonds. The van der Waals surface area contributed by atoms with Crippen LogP contribution in [0.1, 0.15) is 12.2 Å². The predicted octanol–water partition coefficient (Wildman–Crippen LogP) is 0.845. The number of aliphatic hydroxyl groups excluding tert-OH is 1. The lowest BCUT2D eigenvalue weighted by Crippen LogP contribution is -2.23. The normalized spacial score (nSPS) is 20.2. The molecule has 0 fully saturated rings. The third kappa shape index (κ3) is 1.35. The Hall–Kier alpha value is -1.62. The lowest BCUT2D eigenvalue weighted by molar-refractivity contribution is 0.142. The van der Waals surface area contributed by atoms with Crippen LogP contribution in [0, 0.1) is 0 Å². The van der Waals surface area contributed by atoms with Crippen LogP contribution in [0.25, 0.3) is 11.6 Å².